The van der Waals surface area contributed by atoms with E-state index in [1.807, 2.05) is 13.8 Å². The number of aliphatic hydroxyl groups excluding tert-OH is 1. The topological polar surface area (TPSA) is 81.4 Å². The lowest BCUT2D eigenvalue weighted by Gasteiger charge is -2.16. The van der Waals surface area contributed by atoms with Crippen molar-refractivity contribution in [3.8, 4) is 0 Å². The molecule has 3 N–H and O–H groups in total. The highest BCUT2D eigenvalue weighted by Gasteiger charge is 2.19. The van der Waals surface area contributed by atoms with E-state index in [-0.39, 0.29) is 24.2 Å². The van der Waals surface area contributed by atoms with Crippen LogP contribution in [0.15, 0.2) is 0 Å². The van der Waals surface area contributed by atoms with Gasteiger partial charge in [-0.3, -0.25) is 5.41 Å². The van der Waals surface area contributed by atoms with Crippen LogP contribution in [-0.2, 0) is 4.79 Å². The molecule has 2 unspecified atom stereocenters. The van der Waals surface area contributed by atoms with E-state index in [9.17, 15) is 4.79 Å². The van der Waals surface area contributed by atoms with E-state index in [0.717, 1.165) is 12.8 Å². The molecule has 0 aliphatic rings. The number of nitrogens with one attached hydrogen (secondary N) is 1. The minimum absolute atomic E-state index is 0.146. The molecule has 15 heavy (non-hydrogen) atoms. The molecule has 4 nitrogen and oxygen atoms in total. The fourth-order valence-corrected chi connectivity index (χ4v) is 1.59. The van der Waals surface area contributed by atoms with Crippen LogP contribution in [0.1, 0.15) is 39.5 Å². The van der Waals surface area contributed by atoms with Crippen molar-refractivity contribution in [3.05, 3.63) is 0 Å². The first-order chi connectivity index (χ1) is 7.06. The van der Waals surface area contributed by atoms with E-state index in [2.05, 4.69) is 0 Å². The SMILES string of the molecule is CCC(CO)CCC(CC)C(=N)C(=O)O. The molecular formula is C11H21NO3. The van der Waals surface area contributed by atoms with Crippen molar-refractivity contribution in [2.75, 3.05) is 6.61 Å². The van der Waals surface area contributed by atoms with Crippen molar-refractivity contribution in [2.24, 2.45) is 11.8 Å². The molecule has 0 amide bonds. The van der Waals surface area contributed by atoms with E-state index in [1.165, 1.54) is 0 Å². The molecule has 0 spiro atoms. The summed E-state index contributed by atoms with van der Waals surface area (Å²) in [5, 5.41) is 25.1. The van der Waals surface area contributed by atoms with Gasteiger partial charge < -0.3 is 10.2 Å². The van der Waals surface area contributed by atoms with E-state index in [1.54, 1.807) is 0 Å². The largest absolute Gasteiger partial charge is 0.477 e. The number of rotatable bonds is 8. The first-order valence-corrected chi connectivity index (χ1v) is 5.49. The molecule has 0 aliphatic heterocycles. The first-order valence-electron chi connectivity index (χ1n) is 5.49. The monoisotopic (exact) mass is 215 g/mol. The summed E-state index contributed by atoms with van der Waals surface area (Å²) in [7, 11) is 0. The third-order valence-corrected chi connectivity index (χ3v) is 2.89. The Hall–Kier alpha value is -0.900. The fraction of sp³-hybridized carbons (Fsp3) is 0.818. The summed E-state index contributed by atoms with van der Waals surface area (Å²) in [5.74, 6) is -1.07. The van der Waals surface area contributed by atoms with Gasteiger partial charge in [0.05, 0.1) is 0 Å². The molecule has 88 valence electrons. The Bertz CT molecular complexity index is 212. The molecule has 0 aromatic heterocycles. The highest BCUT2D eigenvalue weighted by atomic mass is 16.4. The minimum atomic E-state index is -1.13. The summed E-state index contributed by atoms with van der Waals surface area (Å²) in [6.45, 7) is 4.04. The van der Waals surface area contributed by atoms with E-state index >= 15 is 0 Å². The normalized spacial score (nSPS) is 14.6. The van der Waals surface area contributed by atoms with Gasteiger partial charge in [-0.05, 0) is 25.2 Å². The minimum Gasteiger partial charge on any atom is -0.477 e. The molecule has 0 fully saturated rings. The maximum atomic E-state index is 10.6. The molecule has 0 bridgehead atoms. The zero-order valence-electron chi connectivity index (χ0n) is 9.49. The number of hydrogen-bond acceptors (Lipinski definition) is 3. The van der Waals surface area contributed by atoms with Gasteiger partial charge in [-0.1, -0.05) is 20.3 Å². The second kappa shape index (κ2) is 7.40. The second-order valence-electron chi connectivity index (χ2n) is 3.86. The predicted octanol–water partition coefficient (Wildman–Crippen LogP) is 1.92. The molecule has 0 radical (unpaired) electrons. The molecule has 0 saturated heterocycles. The predicted molar refractivity (Wildman–Crippen MR) is 59.2 cm³/mol. The smallest absolute Gasteiger partial charge is 0.349 e. The van der Waals surface area contributed by atoms with Crippen LogP contribution in [0.25, 0.3) is 0 Å². The van der Waals surface area contributed by atoms with Crippen LogP contribution in [0.5, 0.6) is 0 Å². The standard InChI is InChI=1S/C11H21NO3/c1-3-8(7-13)5-6-9(4-2)10(12)11(14)15/h8-9,12-13H,3-7H2,1-2H3,(H,14,15). The average Bonchev–Trinajstić information content (AvgIpc) is 2.24. The summed E-state index contributed by atoms with van der Waals surface area (Å²) < 4.78 is 0. The molecule has 0 aliphatic carbocycles. The van der Waals surface area contributed by atoms with Crippen LogP contribution in [0.2, 0.25) is 0 Å². The van der Waals surface area contributed by atoms with Gasteiger partial charge >= 0.3 is 5.97 Å². The number of aliphatic carboxylic acids is 1. The van der Waals surface area contributed by atoms with Crippen LogP contribution in [0.3, 0.4) is 0 Å². The van der Waals surface area contributed by atoms with E-state index in [4.69, 9.17) is 15.6 Å². The van der Waals surface area contributed by atoms with E-state index < -0.39 is 5.97 Å². The van der Waals surface area contributed by atoms with Crippen LogP contribution < -0.4 is 0 Å². The highest BCUT2D eigenvalue weighted by molar-refractivity contribution is 6.34. The zero-order valence-corrected chi connectivity index (χ0v) is 9.49. The Balaban J connectivity index is 4.10. The molecule has 0 heterocycles. The first kappa shape index (κ1) is 14.1. The molecule has 4 heteroatoms. The number of carboxylic acids is 1. The lowest BCUT2D eigenvalue weighted by atomic mass is 9.90. The van der Waals surface area contributed by atoms with Crippen molar-refractivity contribution >= 4 is 11.7 Å². The highest BCUT2D eigenvalue weighted by Crippen LogP contribution is 2.18. The molecule has 2 atom stereocenters. The summed E-state index contributed by atoms with van der Waals surface area (Å²) in [6.07, 6.45) is 3.04. The van der Waals surface area contributed by atoms with Crippen molar-refractivity contribution in [1.29, 1.82) is 5.41 Å². The van der Waals surface area contributed by atoms with Gasteiger partial charge in [-0.15, -0.1) is 0 Å². The van der Waals surface area contributed by atoms with Gasteiger partial charge in [-0.2, -0.15) is 0 Å². The molecule has 0 aromatic carbocycles. The quantitative estimate of drug-likeness (QED) is 0.541. The van der Waals surface area contributed by atoms with Crippen LogP contribution in [0, 0.1) is 17.2 Å². The Kier molecular flexibility index (Phi) is 6.96. The summed E-state index contributed by atoms with van der Waals surface area (Å²) in [6, 6.07) is 0. The Morgan fingerprint density at radius 3 is 2.20 bits per heavy atom. The third-order valence-electron chi connectivity index (χ3n) is 2.89. The maximum absolute atomic E-state index is 10.6. The second-order valence-corrected chi connectivity index (χ2v) is 3.86. The van der Waals surface area contributed by atoms with Crippen LogP contribution in [0.4, 0.5) is 0 Å². The molecule has 0 saturated carbocycles. The van der Waals surface area contributed by atoms with Gasteiger partial charge in [-0.25, -0.2) is 4.79 Å². The van der Waals surface area contributed by atoms with Gasteiger partial charge in [0.25, 0.3) is 0 Å². The van der Waals surface area contributed by atoms with Gasteiger partial charge in [0, 0.05) is 12.5 Å². The van der Waals surface area contributed by atoms with Crippen LogP contribution in [-0.4, -0.2) is 28.5 Å². The summed E-state index contributed by atoms with van der Waals surface area (Å²) in [4.78, 5) is 10.6. The lowest BCUT2D eigenvalue weighted by Crippen LogP contribution is -2.23. The molecule has 0 rings (SSSR count). The zero-order chi connectivity index (χ0) is 11.8. The van der Waals surface area contributed by atoms with Crippen molar-refractivity contribution in [1.82, 2.24) is 0 Å². The molecular weight excluding hydrogens is 194 g/mol. The van der Waals surface area contributed by atoms with Crippen LogP contribution >= 0.6 is 0 Å². The van der Waals surface area contributed by atoms with Gasteiger partial charge in [0.15, 0.2) is 0 Å². The number of hydrogen-bond donors (Lipinski definition) is 3. The van der Waals surface area contributed by atoms with E-state index in [0.29, 0.717) is 12.8 Å². The number of carbonyl (C=O) groups is 1. The number of aliphatic hydroxyl groups is 1. The Morgan fingerprint density at radius 2 is 1.87 bits per heavy atom. The van der Waals surface area contributed by atoms with Crippen molar-refractivity contribution in [3.63, 3.8) is 0 Å². The number of carboxylic acid groups (broad SMARTS) is 1. The summed E-state index contributed by atoms with van der Waals surface area (Å²) in [5.41, 5.74) is -0.203. The van der Waals surface area contributed by atoms with Crippen molar-refractivity contribution in [2.45, 2.75) is 39.5 Å². The Morgan fingerprint density at radius 1 is 1.27 bits per heavy atom. The molecule has 0 aromatic rings. The van der Waals surface area contributed by atoms with Crippen molar-refractivity contribution < 1.29 is 15.0 Å². The average molecular weight is 215 g/mol. The summed E-state index contributed by atoms with van der Waals surface area (Å²) >= 11 is 0. The van der Waals surface area contributed by atoms with Gasteiger partial charge in [0.1, 0.15) is 5.71 Å². The third kappa shape index (κ3) is 4.93. The lowest BCUT2D eigenvalue weighted by molar-refractivity contribution is -0.129. The fourth-order valence-electron chi connectivity index (χ4n) is 1.59. The Labute approximate surface area is 90.8 Å². The maximum Gasteiger partial charge on any atom is 0.349 e. The van der Waals surface area contributed by atoms with Gasteiger partial charge in [0.2, 0.25) is 0 Å².